The molecule has 0 saturated heterocycles. The number of anilines is 2. The predicted molar refractivity (Wildman–Crippen MR) is 97.3 cm³/mol. The van der Waals surface area contributed by atoms with Gasteiger partial charge < -0.3 is 10.2 Å². The molecule has 1 heterocycles. The van der Waals surface area contributed by atoms with Crippen molar-refractivity contribution in [3.8, 4) is 11.1 Å². The monoisotopic (exact) mass is 302 g/mol. The highest BCUT2D eigenvalue weighted by Gasteiger charge is 2.11. The van der Waals surface area contributed by atoms with Crippen molar-refractivity contribution >= 4 is 28.0 Å². The summed E-state index contributed by atoms with van der Waals surface area (Å²) in [5.74, 6) is 0.612. The average molecular weight is 302 g/mol. The number of rotatable bonds is 3. The zero-order chi connectivity index (χ0) is 16.4. The summed E-state index contributed by atoms with van der Waals surface area (Å²) in [7, 11) is 5.85. The van der Waals surface area contributed by atoms with Gasteiger partial charge in [-0.15, -0.1) is 0 Å². The van der Waals surface area contributed by atoms with Crippen molar-refractivity contribution in [2.24, 2.45) is 0 Å². The van der Waals surface area contributed by atoms with Crippen molar-refractivity contribution in [1.29, 1.82) is 0 Å². The number of nitrogens with zero attached hydrogens (tertiary/aromatic N) is 3. The highest BCUT2D eigenvalue weighted by Crippen LogP contribution is 2.36. The molecule has 0 atom stereocenters. The van der Waals surface area contributed by atoms with Gasteiger partial charge in [-0.3, -0.25) is 4.98 Å². The normalized spacial score (nSPS) is 10.3. The van der Waals surface area contributed by atoms with Crippen LogP contribution < -0.4 is 10.2 Å². The molecule has 1 aromatic heterocycles. The summed E-state index contributed by atoms with van der Waals surface area (Å²) in [5.41, 5.74) is 3.66. The summed E-state index contributed by atoms with van der Waals surface area (Å²) in [6, 6.07) is 14.6. The molecule has 0 saturated carbocycles. The molecule has 0 aliphatic rings. The summed E-state index contributed by atoms with van der Waals surface area (Å²) < 4.78 is 0. The van der Waals surface area contributed by atoms with E-state index in [1.165, 1.54) is 11.1 Å². The van der Waals surface area contributed by atoms with Crippen LogP contribution in [0.25, 0.3) is 26.7 Å². The predicted octanol–water partition coefficient (Wildman–Crippen LogP) is 4.56. The number of benzene rings is 2. The largest absolute Gasteiger partial charge is 0.382 e. The van der Waals surface area contributed by atoms with Crippen molar-refractivity contribution in [2.75, 3.05) is 31.4 Å². The lowest BCUT2D eigenvalue weighted by atomic mass is 10.00. The maximum atomic E-state index is 7.46. The first-order valence-corrected chi connectivity index (χ1v) is 7.40. The number of hydrogen-bond donors (Lipinski definition) is 1. The van der Waals surface area contributed by atoms with Crippen molar-refractivity contribution in [3.63, 3.8) is 0 Å². The molecule has 4 nitrogen and oxygen atoms in total. The second-order valence-corrected chi connectivity index (χ2v) is 5.56. The van der Waals surface area contributed by atoms with Gasteiger partial charge in [-0.05, 0) is 46.2 Å². The van der Waals surface area contributed by atoms with E-state index in [0.717, 1.165) is 16.5 Å². The molecular formula is C19H18N4. The summed E-state index contributed by atoms with van der Waals surface area (Å²) in [6.07, 6.45) is 1.73. The topological polar surface area (TPSA) is 32.5 Å². The van der Waals surface area contributed by atoms with Gasteiger partial charge in [-0.1, -0.05) is 18.2 Å². The van der Waals surface area contributed by atoms with E-state index >= 15 is 0 Å². The Bertz CT molecular complexity index is 907. The summed E-state index contributed by atoms with van der Waals surface area (Å²) >= 11 is 0. The Balaban J connectivity index is 2.15. The van der Waals surface area contributed by atoms with E-state index in [4.69, 9.17) is 6.57 Å². The summed E-state index contributed by atoms with van der Waals surface area (Å²) in [5, 5.41) is 5.33. The Morgan fingerprint density at radius 2 is 1.78 bits per heavy atom. The molecule has 0 fully saturated rings. The van der Waals surface area contributed by atoms with Gasteiger partial charge in [0.1, 0.15) is 5.82 Å². The quantitative estimate of drug-likeness (QED) is 0.720. The molecule has 0 unspecified atom stereocenters. The molecule has 0 amide bonds. The van der Waals surface area contributed by atoms with Crippen LogP contribution in [0.15, 0.2) is 48.7 Å². The second kappa shape index (κ2) is 5.98. The van der Waals surface area contributed by atoms with E-state index in [1.54, 1.807) is 13.2 Å². The SMILES string of the molecule is [C-]#[N+]c1c(-c2ccc3cc(N(C)C)ccc3c2)ccnc1NC. The third-order valence-electron chi connectivity index (χ3n) is 3.92. The molecule has 0 aliphatic carbocycles. The number of aromatic nitrogens is 1. The van der Waals surface area contributed by atoms with Crippen molar-refractivity contribution in [1.82, 2.24) is 4.98 Å². The van der Waals surface area contributed by atoms with Gasteiger partial charge in [0.05, 0.1) is 6.57 Å². The maximum Gasteiger partial charge on any atom is 0.235 e. The first-order chi connectivity index (χ1) is 11.1. The molecule has 0 bridgehead atoms. The standard InChI is InChI=1S/C19H18N4/c1-20-18-17(9-10-22-19(18)21-2)15-6-5-14-12-16(23(3)4)8-7-13(14)11-15/h5-12H,2-4H3,(H,21,22). The van der Waals surface area contributed by atoms with Gasteiger partial charge in [0.25, 0.3) is 0 Å². The van der Waals surface area contributed by atoms with Crippen LogP contribution in [0.3, 0.4) is 0 Å². The Labute approximate surface area is 136 Å². The van der Waals surface area contributed by atoms with Crippen molar-refractivity contribution in [2.45, 2.75) is 0 Å². The lowest BCUT2D eigenvalue weighted by Gasteiger charge is -2.14. The maximum absolute atomic E-state index is 7.46. The van der Waals surface area contributed by atoms with Crippen LogP contribution in [0.5, 0.6) is 0 Å². The third kappa shape index (κ3) is 2.69. The van der Waals surface area contributed by atoms with Crippen LogP contribution in [0.1, 0.15) is 0 Å². The van der Waals surface area contributed by atoms with Crippen LogP contribution in [0.4, 0.5) is 17.2 Å². The molecule has 1 N–H and O–H groups in total. The number of pyridine rings is 1. The highest BCUT2D eigenvalue weighted by molar-refractivity contribution is 5.93. The fourth-order valence-electron chi connectivity index (χ4n) is 2.66. The summed E-state index contributed by atoms with van der Waals surface area (Å²) in [6.45, 7) is 7.46. The minimum absolute atomic E-state index is 0.555. The Kier molecular flexibility index (Phi) is 3.86. The minimum Gasteiger partial charge on any atom is -0.382 e. The minimum atomic E-state index is 0.555. The van der Waals surface area contributed by atoms with Crippen LogP contribution in [-0.4, -0.2) is 26.1 Å². The summed E-state index contributed by atoms with van der Waals surface area (Å²) in [4.78, 5) is 9.96. The van der Waals surface area contributed by atoms with Gasteiger partial charge in [-0.2, -0.15) is 0 Å². The lowest BCUT2D eigenvalue weighted by molar-refractivity contribution is 1.14. The van der Waals surface area contributed by atoms with Gasteiger partial charge in [0, 0.05) is 33.0 Å². The molecule has 0 radical (unpaired) electrons. The van der Waals surface area contributed by atoms with Gasteiger partial charge in [0.2, 0.25) is 5.69 Å². The highest BCUT2D eigenvalue weighted by atomic mass is 15.1. The van der Waals surface area contributed by atoms with Crippen LogP contribution in [-0.2, 0) is 0 Å². The smallest absolute Gasteiger partial charge is 0.235 e. The number of hydrogen-bond acceptors (Lipinski definition) is 3. The van der Waals surface area contributed by atoms with Gasteiger partial charge in [0.15, 0.2) is 0 Å². The molecule has 0 aliphatic heterocycles. The van der Waals surface area contributed by atoms with Crippen molar-refractivity contribution in [3.05, 3.63) is 60.1 Å². The Hall–Kier alpha value is -3.06. The Morgan fingerprint density at radius 1 is 1.04 bits per heavy atom. The second-order valence-electron chi connectivity index (χ2n) is 5.56. The van der Waals surface area contributed by atoms with Gasteiger partial charge >= 0.3 is 0 Å². The molecule has 3 aromatic rings. The van der Waals surface area contributed by atoms with Crippen LogP contribution in [0.2, 0.25) is 0 Å². The van der Waals surface area contributed by atoms with Crippen molar-refractivity contribution < 1.29 is 0 Å². The molecule has 114 valence electrons. The molecule has 23 heavy (non-hydrogen) atoms. The van der Waals surface area contributed by atoms with Gasteiger partial charge in [-0.25, -0.2) is 4.85 Å². The first kappa shape index (κ1) is 14.9. The lowest BCUT2D eigenvalue weighted by Crippen LogP contribution is -2.07. The van der Waals surface area contributed by atoms with E-state index in [1.807, 2.05) is 20.2 Å². The zero-order valence-electron chi connectivity index (χ0n) is 13.5. The number of nitrogens with one attached hydrogen (secondary N) is 1. The molecule has 4 heteroatoms. The van der Waals surface area contributed by atoms with E-state index < -0.39 is 0 Å². The van der Waals surface area contributed by atoms with E-state index in [9.17, 15) is 0 Å². The Morgan fingerprint density at radius 3 is 2.48 bits per heavy atom. The molecule has 3 rings (SSSR count). The third-order valence-corrected chi connectivity index (χ3v) is 3.92. The molecule has 2 aromatic carbocycles. The van der Waals surface area contributed by atoms with Crippen LogP contribution in [0, 0.1) is 6.57 Å². The first-order valence-electron chi connectivity index (χ1n) is 7.40. The zero-order valence-corrected chi connectivity index (χ0v) is 13.5. The fraction of sp³-hybridized carbons (Fsp3) is 0.158. The van der Waals surface area contributed by atoms with E-state index in [2.05, 4.69) is 56.4 Å². The average Bonchev–Trinajstić information content (AvgIpc) is 2.59. The molecule has 0 spiro atoms. The van der Waals surface area contributed by atoms with Crippen LogP contribution >= 0.6 is 0 Å². The molecular weight excluding hydrogens is 284 g/mol. The van der Waals surface area contributed by atoms with E-state index in [0.29, 0.717) is 11.5 Å². The van der Waals surface area contributed by atoms with E-state index in [-0.39, 0.29) is 0 Å². The fourth-order valence-corrected chi connectivity index (χ4v) is 2.66. The number of fused-ring (bicyclic) bond motifs is 1.